The first-order chi connectivity index (χ1) is 10.9. The highest BCUT2D eigenvalue weighted by Gasteiger charge is 2.11. The second-order valence-electron chi connectivity index (χ2n) is 4.97. The lowest BCUT2D eigenvalue weighted by Crippen LogP contribution is -2.18. The van der Waals surface area contributed by atoms with Crippen LogP contribution in [-0.4, -0.2) is 20.5 Å². The van der Waals surface area contributed by atoms with Gasteiger partial charge in [0, 0.05) is 12.6 Å². The number of aryl methyl sites for hydroxylation is 1. The number of rotatable bonds is 5. The minimum atomic E-state index is -3.68. The molecule has 0 radical (unpaired) electrons. The van der Waals surface area contributed by atoms with E-state index in [1.54, 1.807) is 36.4 Å². The van der Waals surface area contributed by atoms with Gasteiger partial charge in [0.05, 0.1) is 11.1 Å². The molecule has 23 heavy (non-hydrogen) atoms. The monoisotopic (exact) mass is 331 g/mol. The number of carbonyl (C=O) groups excluding carboxylic acids is 1. The molecule has 0 aliphatic heterocycles. The molecule has 6 nitrogen and oxygen atoms in total. The summed E-state index contributed by atoms with van der Waals surface area (Å²) < 4.78 is 24.1. The number of nitrogens with zero attached hydrogens (tertiary/aromatic N) is 1. The summed E-state index contributed by atoms with van der Waals surface area (Å²) in [6, 6.07) is 13.3. The van der Waals surface area contributed by atoms with Gasteiger partial charge in [-0.25, -0.2) is 4.83 Å². The number of hydrogen-bond acceptors (Lipinski definition) is 4. The lowest BCUT2D eigenvalue weighted by molar-refractivity contribution is -0.114. The summed E-state index contributed by atoms with van der Waals surface area (Å²) in [7, 11) is -3.68. The van der Waals surface area contributed by atoms with Crippen LogP contribution in [0.4, 0.5) is 5.69 Å². The Balaban J connectivity index is 2.03. The van der Waals surface area contributed by atoms with E-state index in [0.717, 1.165) is 5.56 Å². The molecule has 2 N–H and O–H groups in total. The Hall–Kier alpha value is -2.67. The highest BCUT2D eigenvalue weighted by Crippen LogP contribution is 2.10. The van der Waals surface area contributed by atoms with Crippen LogP contribution in [0.5, 0.6) is 0 Å². The Morgan fingerprint density at radius 1 is 1.04 bits per heavy atom. The molecule has 0 atom stereocenters. The van der Waals surface area contributed by atoms with Gasteiger partial charge in [-0.3, -0.25) is 4.79 Å². The van der Waals surface area contributed by atoms with Crippen LogP contribution in [0.25, 0.3) is 0 Å². The molecule has 0 heterocycles. The number of carbonyl (C=O) groups is 1. The maximum atomic E-state index is 12.0. The van der Waals surface area contributed by atoms with Gasteiger partial charge in [-0.15, -0.1) is 0 Å². The Labute approximate surface area is 135 Å². The van der Waals surface area contributed by atoms with Gasteiger partial charge < -0.3 is 5.32 Å². The van der Waals surface area contributed by atoms with Crippen molar-refractivity contribution in [3.63, 3.8) is 0 Å². The van der Waals surface area contributed by atoms with Crippen molar-refractivity contribution in [3.05, 3.63) is 59.7 Å². The van der Waals surface area contributed by atoms with E-state index >= 15 is 0 Å². The van der Waals surface area contributed by atoms with Gasteiger partial charge in [0.25, 0.3) is 10.0 Å². The second-order valence-corrected chi connectivity index (χ2v) is 6.63. The molecule has 0 fully saturated rings. The molecule has 2 aromatic rings. The summed E-state index contributed by atoms with van der Waals surface area (Å²) in [5.74, 6) is -0.155. The summed E-state index contributed by atoms with van der Waals surface area (Å²) in [6.07, 6.45) is 1.39. The third kappa shape index (κ3) is 4.93. The van der Waals surface area contributed by atoms with Crippen LogP contribution in [0.2, 0.25) is 0 Å². The Morgan fingerprint density at radius 2 is 1.65 bits per heavy atom. The van der Waals surface area contributed by atoms with Crippen LogP contribution in [0.3, 0.4) is 0 Å². The number of sulfonamides is 1. The normalized spacial score (nSPS) is 11.4. The molecule has 0 unspecified atom stereocenters. The third-order valence-corrected chi connectivity index (χ3v) is 4.19. The maximum Gasteiger partial charge on any atom is 0.276 e. The van der Waals surface area contributed by atoms with Crippen LogP contribution in [0, 0.1) is 6.92 Å². The van der Waals surface area contributed by atoms with Gasteiger partial charge in [0.1, 0.15) is 0 Å². The molecular formula is C16H17N3O3S. The minimum absolute atomic E-state index is 0.154. The average molecular weight is 331 g/mol. The molecule has 2 aromatic carbocycles. The Bertz CT molecular complexity index is 811. The lowest BCUT2D eigenvalue weighted by atomic mass is 10.2. The number of hydrogen-bond donors (Lipinski definition) is 2. The Kier molecular flexibility index (Phi) is 5.13. The van der Waals surface area contributed by atoms with E-state index in [0.29, 0.717) is 11.3 Å². The van der Waals surface area contributed by atoms with Crippen LogP contribution >= 0.6 is 0 Å². The zero-order valence-corrected chi connectivity index (χ0v) is 13.6. The smallest absolute Gasteiger partial charge is 0.276 e. The van der Waals surface area contributed by atoms with E-state index in [-0.39, 0.29) is 10.8 Å². The van der Waals surface area contributed by atoms with Gasteiger partial charge in [0.2, 0.25) is 5.91 Å². The van der Waals surface area contributed by atoms with Gasteiger partial charge in [-0.1, -0.05) is 29.8 Å². The maximum absolute atomic E-state index is 12.0. The molecule has 0 saturated heterocycles. The molecule has 120 valence electrons. The molecule has 0 aliphatic rings. The van der Waals surface area contributed by atoms with E-state index in [1.807, 2.05) is 6.92 Å². The van der Waals surface area contributed by atoms with E-state index in [1.165, 1.54) is 25.3 Å². The molecule has 0 aromatic heterocycles. The fraction of sp³-hybridized carbons (Fsp3) is 0.125. The molecule has 1 amide bonds. The topological polar surface area (TPSA) is 87.6 Å². The SMILES string of the molecule is CC(=O)Nc1ccc(/C=N\NS(=O)(=O)c2ccc(C)cc2)cc1. The zero-order chi connectivity index (χ0) is 16.9. The number of amides is 1. The van der Waals surface area contributed by atoms with Crippen molar-refractivity contribution in [1.29, 1.82) is 0 Å². The fourth-order valence-electron chi connectivity index (χ4n) is 1.80. The van der Waals surface area contributed by atoms with E-state index in [9.17, 15) is 13.2 Å². The largest absolute Gasteiger partial charge is 0.326 e. The van der Waals surface area contributed by atoms with Gasteiger partial charge in [-0.2, -0.15) is 13.5 Å². The van der Waals surface area contributed by atoms with Crippen molar-refractivity contribution in [1.82, 2.24) is 4.83 Å². The van der Waals surface area contributed by atoms with Gasteiger partial charge in [-0.05, 0) is 36.8 Å². The first-order valence-corrected chi connectivity index (χ1v) is 8.34. The summed E-state index contributed by atoms with van der Waals surface area (Å²) in [4.78, 5) is 13.2. The number of hydrazone groups is 1. The summed E-state index contributed by atoms with van der Waals surface area (Å²) >= 11 is 0. The standard InChI is InChI=1S/C16H17N3O3S/c1-12-3-9-16(10-4-12)23(21,22)19-17-11-14-5-7-15(8-6-14)18-13(2)20/h3-11,19H,1-2H3,(H,18,20)/b17-11-. The van der Waals surface area contributed by atoms with Crippen LogP contribution in [-0.2, 0) is 14.8 Å². The van der Waals surface area contributed by atoms with Crippen molar-refractivity contribution in [2.24, 2.45) is 5.10 Å². The van der Waals surface area contributed by atoms with E-state index < -0.39 is 10.0 Å². The summed E-state index contributed by atoms with van der Waals surface area (Å²) in [5.41, 5.74) is 2.34. The minimum Gasteiger partial charge on any atom is -0.326 e. The lowest BCUT2D eigenvalue weighted by Gasteiger charge is -2.04. The van der Waals surface area contributed by atoms with Crippen molar-refractivity contribution < 1.29 is 13.2 Å². The second kappa shape index (κ2) is 7.06. The fourth-order valence-corrected chi connectivity index (χ4v) is 2.59. The number of anilines is 1. The zero-order valence-electron chi connectivity index (χ0n) is 12.8. The predicted molar refractivity (Wildman–Crippen MR) is 89.8 cm³/mol. The van der Waals surface area contributed by atoms with Crippen LogP contribution in [0.15, 0.2) is 58.5 Å². The first-order valence-electron chi connectivity index (χ1n) is 6.86. The van der Waals surface area contributed by atoms with Crippen molar-refractivity contribution in [2.75, 3.05) is 5.32 Å². The molecule has 0 aliphatic carbocycles. The molecule has 0 bridgehead atoms. The first kappa shape index (κ1) is 16.7. The van der Waals surface area contributed by atoms with Gasteiger partial charge >= 0.3 is 0 Å². The Morgan fingerprint density at radius 3 is 2.22 bits per heavy atom. The van der Waals surface area contributed by atoms with Crippen LogP contribution in [0.1, 0.15) is 18.1 Å². The summed E-state index contributed by atoms with van der Waals surface area (Å²) in [5, 5.41) is 6.40. The predicted octanol–water partition coefficient (Wildman–Crippen LogP) is 2.27. The quantitative estimate of drug-likeness (QED) is 0.651. The highest BCUT2D eigenvalue weighted by molar-refractivity contribution is 7.89. The molecule has 2 rings (SSSR count). The number of benzene rings is 2. The summed E-state index contributed by atoms with van der Waals surface area (Å²) in [6.45, 7) is 3.31. The highest BCUT2D eigenvalue weighted by atomic mass is 32.2. The van der Waals surface area contributed by atoms with Crippen molar-refractivity contribution in [2.45, 2.75) is 18.7 Å². The molecule has 0 saturated carbocycles. The van der Waals surface area contributed by atoms with Gasteiger partial charge in [0.15, 0.2) is 0 Å². The van der Waals surface area contributed by atoms with Crippen molar-refractivity contribution >= 4 is 27.8 Å². The third-order valence-electron chi connectivity index (χ3n) is 2.95. The van der Waals surface area contributed by atoms with Crippen molar-refractivity contribution in [3.8, 4) is 0 Å². The average Bonchev–Trinajstić information content (AvgIpc) is 2.49. The number of nitrogens with one attached hydrogen (secondary N) is 2. The van der Waals surface area contributed by atoms with Crippen LogP contribution < -0.4 is 10.1 Å². The molecular weight excluding hydrogens is 314 g/mol. The molecule has 0 spiro atoms. The van der Waals surface area contributed by atoms with E-state index in [2.05, 4.69) is 15.2 Å². The van der Waals surface area contributed by atoms with E-state index in [4.69, 9.17) is 0 Å². The molecule has 7 heteroatoms.